The number of nitrogens with zero attached hydrogens (tertiary/aromatic N) is 1. The Hall–Kier alpha value is -2.15. The van der Waals surface area contributed by atoms with Crippen LogP contribution in [0.2, 0.25) is 0 Å². The van der Waals surface area contributed by atoms with Gasteiger partial charge in [0.05, 0.1) is 11.5 Å². The lowest BCUT2D eigenvalue weighted by molar-refractivity contribution is -0.384. The number of carbonyl (C=O) groups excluding carboxylic acids is 1. The fourth-order valence-electron chi connectivity index (χ4n) is 1.76. The molecule has 7 nitrogen and oxygen atoms in total. The number of benzene rings is 1. The van der Waals surface area contributed by atoms with Crippen molar-refractivity contribution in [3.05, 3.63) is 33.9 Å². The van der Waals surface area contributed by atoms with Crippen LogP contribution in [0.4, 0.5) is 5.69 Å². The van der Waals surface area contributed by atoms with Crippen LogP contribution in [0.5, 0.6) is 5.75 Å². The maximum absolute atomic E-state index is 11.1. The Morgan fingerprint density at radius 2 is 2.19 bits per heavy atom. The Bertz CT molecular complexity index is 491. The van der Waals surface area contributed by atoms with Gasteiger partial charge in [0, 0.05) is 37.7 Å². The Morgan fingerprint density at radius 3 is 2.81 bits per heavy atom. The quantitative estimate of drug-likeness (QED) is 0.410. The number of nitro benzene ring substituents is 1. The molecule has 0 aliphatic heterocycles. The van der Waals surface area contributed by atoms with Crippen LogP contribution >= 0.6 is 0 Å². The minimum atomic E-state index is -0.426. The molecule has 116 valence electrons. The number of hydrogen-bond acceptors (Lipinski definition) is 5. The van der Waals surface area contributed by atoms with Crippen molar-refractivity contribution in [1.82, 2.24) is 10.6 Å². The number of hydrogen-bond donors (Lipinski definition) is 2. The summed E-state index contributed by atoms with van der Waals surface area (Å²) in [5, 5.41) is 16.5. The van der Waals surface area contributed by atoms with Crippen LogP contribution in [0.3, 0.4) is 0 Å². The molecule has 1 aromatic rings. The molecule has 0 aliphatic rings. The molecule has 0 unspecified atom stereocenters. The Morgan fingerprint density at radius 1 is 1.43 bits per heavy atom. The van der Waals surface area contributed by atoms with Crippen molar-refractivity contribution in [3.63, 3.8) is 0 Å². The number of rotatable bonds is 9. The van der Waals surface area contributed by atoms with Crippen molar-refractivity contribution in [2.45, 2.75) is 26.3 Å². The van der Waals surface area contributed by atoms with Gasteiger partial charge in [-0.25, -0.2) is 0 Å². The summed E-state index contributed by atoms with van der Waals surface area (Å²) in [5.74, 6) is 0.577. The summed E-state index contributed by atoms with van der Waals surface area (Å²) < 4.78 is 5.62. The highest BCUT2D eigenvalue weighted by Gasteiger charge is 2.11. The second kappa shape index (κ2) is 8.91. The predicted molar refractivity (Wildman–Crippen MR) is 79.3 cm³/mol. The third kappa shape index (κ3) is 5.78. The van der Waals surface area contributed by atoms with Gasteiger partial charge < -0.3 is 15.4 Å². The molecule has 0 aliphatic carbocycles. The van der Waals surface area contributed by atoms with Gasteiger partial charge in [0.15, 0.2) is 0 Å². The van der Waals surface area contributed by atoms with Gasteiger partial charge in [0.25, 0.3) is 5.69 Å². The second-order valence-electron chi connectivity index (χ2n) is 4.45. The van der Waals surface area contributed by atoms with E-state index in [4.69, 9.17) is 4.74 Å². The van der Waals surface area contributed by atoms with Crippen LogP contribution in [-0.4, -0.2) is 31.0 Å². The van der Waals surface area contributed by atoms with Crippen molar-refractivity contribution in [3.8, 4) is 5.75 Å². The standard InChI is InChI=1S/C14H21N3O4/c1-3-16-10-11-9-12(17(19)20)6-7-13(11)21-8-4-5-14(18)15-2/h6-7,9,16H,3-5,8,10H2,1-2H3,(H,15,18). The van der Waals surface area contributed by atoms with E-state index in [0.717, 1.165) is 12.1 Å². The molecule has 0 saturated carbocycles. The van der Waals surface area contributed by atoms with Crippen molar-refractivity contribution in [2.24, 2.45) is 0 Å². The molecular weight excluding hydrogens is 274 g/mol. The van der Waals surface area contributed by atoms with Crippen molar-refractivity contribution >= 4 is 11.6 Å². The molecule has 0 aromatic heterocycles. The van der Waals surface area contributed by atoms with Gasteiger partial charge in [-0.1, -0.05) is 6.92 Å². The van der Waals surface area contributed by atoms with Crippen LogP contribution < -0.4 is 15.4 Å². The fraction of sp³-hybridized carbons (Fsp3) is 0.500. The number of non-ortho nitro benzene ring substituents is 1. The van der Waals surface area contributed by atoms with Crippen molar-refractivity contribution < 1.29 is 14.5 Å². The first kappa shape index (κ1) is 16.9. The minimum absolute atomic E-state index is 0.0322. The topological polar surface area (TPSA) is 93.5 Å². The van der Waals surface area contributed by atoms with E-state index in [9.17, 15) is 14.9 Å². The number of nitrogens with one attached hydrogen (secondary N) is 2. The number of nitro groups is 1. The lowest BCUT2D eigenvalue weighted by Gasteiger charge is -2.11. The second-order valence-corrected chi connectivity index (χ2v) is 4.45. The molecule has 1 amide bonds. The highest BCUT2D eigenvalue weighted by Crippen LogP contribution is 2.24. The zero-order chi connectivity index (χ0) is 15.7. The van der Waals surface area contributed by atoms with Crippen LogP contribution in [0.15, 0.2) is 18.2 Å². The SMILES string of the molecule is CCNCc1cc([N+](=O)[O-])ccc1OCCCC(=O)NC. The number of amides is 1. The summed E-state index contributed by atoms with van der Waals surface area (Å²) in [6, 6.07) is 4.53. The first-order chi connectivity index (χ1) is 10.1. The average molecular weight is 295 g/mol. The monoisotopic (exact) mass is 295 g/mol. The molecule has 0 bridgehead atoms. The molecule has 21 heavy (non-hydrogen) atoms. The summed E-state index contributed by atoms with van der Waals surface area (Å²) in [5.41, 5.74) is 0.784. The Balaban J connectivity index is 2.66. The molecule has 1 aromatic carbocycles. The largest absolute Gasteiger partial charge is 0.493 e. The van der Waals surface area contributed by atoms with Crippen LogP contribution in [0.1, 0.15) is 25.3 Å². The third-order valence-corrected chi connectivity index (χ3v) is 2.90. The maximum atomic E-state index is 11.1. The molecule has 2 N–H and O–H groups in total. The van der Waals surface area contributed by atoms with E-state index < -0.39 is 4.92 Å². The summed E-state index contributed by atoms with van der Waals surface area (Å²) in [4.78, 5) is 21.5. The van der Waals surface area contributed by atoms with Crippen molar-refractivity contribution in [1.29, 1.82) is 0 Å². The van der Waals surface area contributed by atoms with Gasteiger partial charge >= 0.3 is 0 Å². The maximum Gasteiger partial charge on any atom is 0.270 e. The highest BCUT2D eigenvalue weighted by molar-refractivity contribution is 5.75. The van der Waals surface area contributed by atoms with Crippen molar-refractivity contribution in [2.75, 3.05) is 20.2 Å². The Labute approximate surface area is 123 Å². The lowest BCUT2D eigenvalue weighted by atomic mass is 10.1. The van der Waals surface area contributed by atoms with E-state index in [1.165, 1.54) is 12.1 Å². The molecule has 0 heterocycles. The molecule has 0 radical (unpaired) electrons. The van der Waals surface area contributed by atoms with Gasteiger partial charge in [-0.05, 0) is 19.0 Å². The zero-order valence-electron chi connectivity index (χ0n) is 12.3. The van der Waals surface area contributed by atoms with Gasteiger partial charge in [-0.15, -0.1) is 0 Å². The van der Waals surface area contributed by atoms with E-state index >= 15 is 0 Å². The fourth-order valence-corrected chi connectivity index (χ4v) is 1.76. The summed E-state index contributed by atoms with van der Waals surface area (Å²) >= 11 is 0. The average Bonchev–Trinajstić information content (AvgIpc) is 2.49. The normalized spacial score (nSPS) is 10.2. The summed E-state index contributed by atoms with van der Waals surface area (Å²) in [6.07, 6.45) is 0.989. The number of ether oxygens (including phenoxy) is 1. The smallest absolute Gasteiger partial charge is 0.270 e. The van der Waals surface area contributed by atoms with E-state index in [-0.39, 0.29) is 11.6 Å². The van der Waals surface area contributed by atoms with E-state index in [1.807, 2.05) is 6.92 Å². The predicted octanol–water partition coefficient (Wildman–Crippen LogP) is 1.61. The van der Waals surface area contributed by atoms with Gasteiger partial charge in [-0.3, -0.25) is 14.9 Å². The molecular formula is C14H21N3O4. The first-order valence-electron chi connectivity index (χ1n) is 6.90. The van der Waals surface area contributed by atoms with E-state index in [2.05, 4.69) is 10.6 Å². The minimum Gasteiger partial charge on any atom is -0.493 e. The molecule has 0 saturated heterocycles. The van der Waals surface area contributed by atoms with Crippen LogP contribution in [0.25, 0.3) is 0 Å². The molecule has 1 rings (SSSR count). The first-order valence-corrected chi connectivity index (χ1v) is 6.90. The lowest BCUT2D eigenvalue weighted by Crippen LogP contribution is -2.18. The highest BCUT2D eigenvalue weighted by atomic mass is 16.6. The van der Waals surface area contributed by atoms with Crippen LogP contribution in [0, 0.1) is 10.1 Å². The molecule has 7 heteroatoms. The van der Waals surface area contributed by atoms with Gasteiger partial charge in [0.2, 0.25) is 5.91 Å². The molecule has 0 atom stereocenters. The molecule has 0 spiro atoms. The number of carbonyl (C=O) groups is 1. The molecule has 0 fully saturated rings. The van der Waals surface area contributed by atoms with E-state index in [0.29, 0.717) is 31.7 Å². The third-order valence-electron chi connectivity index (χ3n) is 2.90. The van der Waals surface area contributed by atoms with E-state index in [1.54, 1.807) is 13.1 Å². The van der Waals surface area contributed by atoms with Gasteiger partial charge in [0.1, 0.15) is 5.75 Å². The Kier molecular flexibility index (Phi) is 7.17. The summed E-state index contributed by atoms with van der Waals surface area (Å²) in [6.45, 7) is 3.62. The van der Waals surface area contributed by atoms with Gasteiger partial charge in [-0.2, -0.15) is 0 Å². The zero-order valence-corrected chi connectivity index (χ0v) is 12.3. The summed E-state index contributed by atoms with van der Waals surface area (Å²) in [7, 11) is 1.59. The van der Waals surface area contributed by atoms with Crippen LogP contribution in [-0.2, 0) is 11.3 Å².